The van der Waals surface area contributed by atoms with Crippen molar-refractivity contribution in [3.8, 4) is 0 Å². The number of benzene rings is 1. The molecule has 98 valence electrons. The van der Waals surface area contributed by atoms with E-state index in [4.69, 9.17) is 4.74 Å². The first-order valence-electron chi connectivity index (χ1n) is 6.43. The fraction of sp³-hybridized carbons (Fsp3) is 0.533. The molecule has 1 amide bonds. The quantitative estimate of drug-likeness (QED) is 0.891. The van der Waals surface area contributed by atoms with E-state index in [1.54, 1.807) is 0 Å². The fourth-order valence-electron chi connectivity index (χ4n) is 1.93. The van der Waals surface area contributed by atoms with Gasteiger partial charge in [-0.3, -0.25) is 4.79 Å². The molecule has 0 aromatic heterocycles. The van der Waals surface area contributed by atoms with Crippen molar-refractivity contribution in [2.75, 3.05) is 18.5 Å². The first-order chi connectivity index (χ1) is 8.45. The standard InChI is InChI=1S/C15H21NO2/c1-15(2,3)12-4-6-13(7-5-12)16-14(17)8-11-9-18-10-11/h4-7,11H,8-10H2,1-3H3,(H,16,17). The van der Waals surface area contributed by atoms with Crippen molar-refractivity contribution in [1.29, 1.82) is 0 Å². The van der Waals surface area contributed by atoms with Crippen molar-refractivity contribution in [2.45, 2.75) is 32.6 Å². The molecule has 0 saturated carbocycles. The zero-order valence-corrected chi connectivity index (χ0v) is 11.3. The maximum atomic E-state index is 11.7. The molecular weight excluding hydrogens is 226 g/mol. The summed E-state index contributed by atoms with van der Waals surface area (Å²) in [6.07, 6.45) is 0.557. The lowest BCUT2D eigenvalue weighted by Crippen LogP contribution is -2.31. The summed E-state index contributed by atoms with van der Waals surface area (Å²) in [5.41, 5.74) is 2.28. The summed E-state index contributed by atoms with van der Waals surface area (Å²) in [6.45, 7) is 7.97. The minimum Gasteiger partial charge on any atom is -0.381 e. The highest BCUT2D eigenvalue weighted by atomic mass is 16.5. The Kier molecular flexibility index (Phi) is 3.71. The summed E-state index contributed by atoms with van der Waals surface area (Å²) in [7, 11) is 0. The van der Waals surface area contributed by atoms with Crippen LogP contribution in [-0.2, 0) is 14.9 Å². The number of anilines is 1. The molecule has 1 aromatic rings. The number of hydrogen-bond acceptors (Lipinski definition) is 2. The van der Waals surface area contributed by atoms with Crippen LogP contribution in [0.3, 0.4) is 0 Å². The molecule has 0 spiro atoms. The number of rotatable bonds is 3. The van der Waals surface area contributed by atoms with E-state index >= 15 is 0 Å². The first kappa shape index (κ1) is 13.1. The predicted octanol–water partition coefficient (Wildman–Crippen LogP) is 2.96. The molecular formula is C15H21NO2. The Morgan fingerprint density at radius 2 is 1.89 bits per heavy atom. The summed E-state index contributed by atoms with van der Waals surface area (Å²) in [4.78, 5) is 11.7. The number of hydrogen-bond donors (Lipinski definition) is 1. The van der Waals surface area contributed by atoms with Gasteiger partial charge in [-0.2, -0.15) is 0 Å². The average molecular weight is 247 g/mol. The largest absolute Gasteiger partial charge is 0.381 e. The fourth-order valence-corrected chi connectivity index (χ4v) is 1.93. The highest BCUT2D eigenvalue weighted by molar-refractivity contribution is 5.90. The molecule has 0 unspecified atom stereocenters. The summed E-state index contributed by atoms with van der Waals surface area (Å²) in [5.74, 6) is 0.477. The number of carbonyl (C=O) groups is 1. The topological polar surface area (TPSA) is 38.3 Å². The summed E-state index contributed by atoms with van der Waals surface area (Å²) in [6, 6.07) is 8.08. The molecule has 2 rings (SSSR count). The van der Waals surface area contributed by atoms with Crippen LogP contribution in [0.2, 0.25) is 0 Å². The molecule has 1 aliphatic heterocycles. The highest BCUT2D eigenvalue weighted by Crippen LogP contribution is 2.23. The molecule has 1 aromatic carbocycles. The van der Waals surface area contributed by atoms with Crippen LogP contribution in [-0.4, -0.2) is 19.1 Å². The third-order valence-electron chi connectivity index (χ3n) is 3.22. The van der Waals surface area contributed by atoms with Gasteiger partial charge in [-0.1, -0.05) is 32.9 Å². The number of nitrogens with one attached hydrogen (secondary N) is 1. The zero-order chi connectivity index (χ0) is 13.2. The van der Waals surface area contributed by atoms with E-state index in [1.807, 2.05) is 12.1 Å². The van der Waals surface area contributed by atoms with E-state index in [9.17, 15) is 4.79 Å². The Morgan fingerprint density at radius 3 is 2.33 bits per heavy atom. The molecule has 1 aliphatic rings. The van der Waals surface area contributed by atoms with Crippen molar-refractivity contribution < 1.29 is 9.53 Å². The van der Waals surface area contributed by atoms with Crippen LogP contribution in [0.15, 0.2) is 24.3 Å². The minimum atomic E-state index is 0.0757. The second kappa shape index (κ2) is 5.11. The van der Waals surface area contributed by atoms with E-state index in [1.165, 1.54) is 5.56 Å². The molecule has 0 atom stereocenters. The average Bonchev–Trinajstić information content (AvgIpc) is 2.23. The van der Waals surface area contributed by atoms with Crippen LogP contribution < -0.4 is 5.32 Å². The third kappa shape index (κ3) is 3.33. The van der Waals surface area contributed by atoms with Gasteiger partial charge in [0.25, 0.3) is 0 Å². The van der Waals surface area contributed by atoms with E-state index in [0.717, 1.165) is 18.9 Å². The summed E-state index contributed by atoms with van der Waals surface area (Å²) >= 11 is 0. The molecule has 1 fully saturated rings. The number of carbonyl (C=O) groups excluding carboxylic acids is 1. The monoisotopic (exact) mass is 247 g/mol. The van der Waals surface area contributed by atoms with Crippen molar-refractivity contribution in [3.63, 3.8) is 0 Å². The Balaban J connectivity index is 1.91. The van der Waals surface area contributed by atoms with Crippen LogP contribution in [0.4, 0.5) is 5.69 Å². The van der Waals surface area contributed by atoms with Gasteiger partial charge in [0.05, 0.1) is 13.2 Å². The number of ether oxygens (including phenoxy) is 1. The minimum absolute atomic E-state index is 0.0757. The Labute approximate surface area is 109 Å². The second-order valence-electron chi connectivity index (χ2n) is 5.98. The molecule has 3 heteroatoms. The Bertz CT molecular complexity index is 413. The van der Waals surface area contributed by atoms with Crippen molar-refractivity contribution in [3.05, 3.63) is 29.8 Å². The summed E-state index contributed by atoms with van der Waals surface area (Å²) in [5, 5.41) is 2.93. The smallest absolute Gasteiger partial charge is 0.224 e. The first-order valence-corrected chi connectivity index (χ1v) is 6.43. The van der Waals surface area contributed by atoms with Crippen LogP contribution in [0.25, 0.3) is 0 Å². The molecule has 1 heterocycles. The predicted molar refractivity (Wildman–Crippen MR) is 72.7 cm³/mol. The molecule has 18 heavy (non-hydrogen) atoms. The van der Waals surface area contributed by atoms with E-state index < -0.39 is 0 Å². The summed E-state index contributed by atoms with van der Waals surface area (Å²) < 4.78 is 5.06. The third-order valence-corrected chi connectivity index (χ3v) is 3.22. The van der Waals surface area contributed by atoms with E-state index in [2.05, 4.69) is 38.2 Å². The molecule has 0 aliphatic carbocycles. The lowest BCUT2D eigenvalue weighted by molar-refractivity contribution is -0.121. The van der Waals surface area contributed by atoms with Crippen LogP contribution in [0.5, 0.6) is 0 Å². The molecule has 0 radical (unpaired) electrons. The molecule has 3 nitrogen and oxygen atoms in total. The van der Waals surface area contributed by atoms with E-state index in [0.29, 0.717) is 12.3 Å². The van der Waals surface area contributed by atoms with E-state index in [-0.39, 0.29) is 11.3 Å². The van der Waals surface area contributed by atoms with Crippen molar-refractivity contribution in [2.24, 2.45) is 5.92 Å². The van der Waals surface area contributed by atoms with Crippen molar-refractivity contribution in [1.82, 2.24) is 0 Å². The Hall–Kier alpha value is -1.35. The maximum Gasteiger partial charge on any atom is 0.224 e. The maximum absolute atomic E-state index is 11.7. The number of amides is 1. The lowest BCUT2D eigenvalue weighted by atomic mass is 9.87. The van der Waals surface area contributed by atoms with Crippen LogP contribution in [0.1, 0.15) is 32.8 Å². The normalized spacial score (nSPS) is 16.2. The van der Waals surface area contributed by atoms with Gasteiger partial charge in [0.15, 0.2) is 0 Å². The second-order valence-corrected chi connectivity index (χ2v) is 5.98. The van der Waals surface area contributed by atoms with Crippen LogP contribution >= 0.6 is 0 Å². The SMILES string of the molecule is CC(C)(C)c1ccc(NC(=O)CC2COC2)cc1. The van der Waals surface area contributed by atoms with Crippen molar-refractivity contribution >= 4 is 11.6 Å². The van der Waals surface area contributed by atoms with Gasteiger partial charge < -0.3 is 10.1 Å². The van der Waals surface area contributed by atoms with Gasteiger partial charge in [0.1, 0.15) is 0 Å². The lowest BCUT2D eigenvalue weighted by Gasteiger charge is -2.25. The van der Waals surface area contributed by atoms with Gasteiger partial charge in [0.2, 0.25) is 5.91 Å². The van der Waals surface area contributed by atoms with Gasteiger partial charge >= 0.3 is 0 Å². The molecule has 1 N–H and O–H groups in total. The zero-order valence-electron chi connectivity index (χ0n) is 11.3. The van der Waals surface area contributed by atoms with Gasteiger partial charge in [-0.25, -0.2) is 0 Å². The van der Waals surface area contributed by atoms with Crippen LogP contribution in [0, 0.1) is 5.92 Å². The van der Waals surface area contributed by atoms with Gasteiger partial charge in [-0.15, -0.1) is 0 Å². The van der Waals surface area contributed by atoms with Gasteiger partial charge in [-0.05, 0) is 23.1 Å². The molecule has 1 saturated heterocycles. The highest BCUT2D eigenvalue weighted by Gasteiger charge is 2.21. The molecule has 0 bridgehead atoms. The Morgan fingerprint density at radius 1 is 1.28 bits per heavy atom. The van der Waals surface area contributed by atoms with Gasteiger partial charge in [0, 0.05) is 18.0 Å².